The normalized spacial score (nSPS) is 10.1. The van der Waals surface area contributed by atoms with Gasteiger partial charge in [0.1, 0.15) is 0 Å². The van der Waals surface area contributed by atoms with Crippen LogP contribution in [0.4, 0.5) is 0 Å². The lowest BCUT2D eigenvalue weighted by atomic mass is 10.3. The molecule has 0 unspecified atom stereocenters. The monoisotopic (exact) mass is 225 g/mol. The van der Waals surface area contributed by atoms with Crippen molar-refractivity contribution >= 4 is 12.3 Å². The molecule has 1 rings (SSSR count). The van der Waals surface area contributed by atoms with Crippen LogP contribution < -0.4 is 0 Å². The van der Waals surface area contributed by atoms with Crippen molar-refractivity contribution in [3.63, 3.8) is 0 Å². The second kappa shape index (κ2) is 6.07. The Hall–Kier alpha value is -1.62. The average molecular weight is 225 g/mol. The number of nitrogens with zero attached hydrogens (tertiary/aromatic N) is 1. The van der Waals surface area contributed by atoms with Gasteiger partial charge in [0.15, 0.2) is 6.29 Å². The van der Waals surface area contributed by atoms with E-state index in [2.05, 4.69) is 4.74 Å². The zero-order valence-corrected chi connectivity index (χ0v) is 9.18. The molecule has 1 aromatic rings. The van der Waals surface area contributed by atoms with E-state index in [-0.39, 0.29) is 12.6 Å². The highest BCUT2D eigenvalue weighted by Crippen LogP contribution is 2.09. The van der Waals surface area contributed by atoms with Crippen molar-refractivity contribution in [2.24, 2.45) is 0 Å². The van der Waals surface area contributed by atoms with E-state index in [4.69, 9.17) is 5.11 Å². The van der Waals surface area contributed by atoms with Crippen LogP contribution in [0.15, 0.2) is 12.1 Å². The summed E-state index contributed by atoms with van der Waals surface area (Å²) in [4.78, 5) is 21.6. The van der Waals surface area contributed by atoms with Crippen molar-refractivity contribution in [2.75, 3.05) is 7.11 Å². The first-order chi connectivity index (χ1) is 7.72. The minimum Gasteiger partial charge on any atom is -0.469 e. The van der Waals surface area contributed by atoms with E-state index in [0.717, 1.165) is 6.29 Å². The van der Waals surface area contributed by atoms with E-state index >= 15 is 0 Å². The fourth-order valence-corrected chi connectivity index (χ4v) is 1.52. The molecular formula is C11H15NO4. The Balaban J connectivity index is 2.61. The number of carbonyl (C=O) groups is 2. The Kier molecular flexibility index (Phi) is 4.72. The maximum Gasteiger partial charge on any atom is 0.305 e. The van der Waals surface area contributed by atoms with Crippen LogP contribution in [-0.2, 0) is 22.7 Å². The van der Waals surface area contributed by atoms with E-state index in [0.29, 0.717) is 30.8 Å². The van der Waals surface area contributed by atoms with Gasteiger partial charge >= 0.3 is 5.97 Å². The zero-order valence-electron chi connectivity index (χ0n) is 9.18. The van der Waals surface area contributed by atoms with E-state index in [1.54, 1.807) is 16.7 Å². The maximum atomic E-state index is 10.9. The van der Waals surface area contributed by atoms with Crippen molar-refractivity contribution in [1.29, 1.82) is 0 Å². The smallest absolute Gasteiger partial charge is 0.305 e. The number of carbonyl (C=O) groups excluding carboxylic acids is 2. The third-order valence-corrected chi connectivity index (χ3v) is 2.38. The van der Waals surface area contributed by atoms with Crippen LogP contribution in [0.2, 0.25) is 0 Å². The number of hydrogen-bond acceptors (Lipinski definition) is 4. The summed E-state index contributed by atoms with van der Waals surface area (Å²) in [7, 11) is 1.34. The van der Waals surface area contributed by atoms with Crippen molar-refractivity contribution < 1.29 is 19.4 Å². The molecule has 0 saturated carbocycles. The van der Waals surface area contributed by atoms with Gasteiger partial charge in [-0.1, -0.05) is 0 Å². The lowest BCUT2D eigenvalue weighted by Gasteiger charge is -2.08. The van der Waals surface area contributed by atoms with Crippen LogP contribution in [0.5, 0.6) is 0 Å². The molecule has 0 saturated heterocycles. The van der Waals surface area contributed by atoms with Crippen molar-refractivity contribution in [3.05, 3.63) is 23.5 Å². The first-order valence-electron chi connectivity index (χ1n) is 5.04. The molecule has 0 bridgehead atoms. The van der Waals surface area contributed by atoms with Gasteiger partial charge < -0.3 is 14.4 Å². The highest BCUT2D eigenvalue weighted by Gasteiger charge is 2.07. The fourth-order valence-electron chi connectivity index (χ4n) is 1.52. The number of aliphatic hydroxyl groups excluding tert-OH is 1. The number of hydrogen-bond donors (Lipinski definition) is 1. The van der Waals surface area contributed by atoms with Gasteiger partial charge in [-0.2, -0.15) is 0 Å². The van der Waals surface area contributed by atoms with Gasteiger partial charge in [-0.05, 0) is 18.6 Å². The predicted molar refractivity (Wildman–Crippen MR) is 57.0 cm³/mol. The molecule has 88 valence electrons. The van der Waals surface area contributed by atoms with Crippen molar-refractivity contribution in [3.8, 4) is 0 Å². The second-order valence-corrected chi connectivity index (χ2v) is 3.36. The van der Waals surface area contributed by atoms with Gasteiger partial charge in [-0.3, -0.25) is 9.59 Å². The van der Waals surface area contributed by atoms with Gasteiger partial charge in [0, 0.05) is 18.7 Å². The maximum absolute atomic E-state index is 10.9. The summed E-state index contributed by atoms with van der Waals surface area (Å²) in [6.07, 6.45) is 1.62. The molecule has 0 aromatic carbocycles. The van der Waals surface area contributed by atoms with E-state index in [9.17, 15) is 9.59 Å². The first kappa shape index (κ1) is 12.4. The lowest BCUT2D eigenvalue weighted by molar-refractivity contribution is -0.140. The number of esters is 1. The fraction of sp³-hybridized carbons (Fsp3) is 0.455. The molecule has 0 amide bonds. The van der Waals surface area contributed by atoms with Crippen LogP contribution in [0, 0.1) is 0 Å². The molecule has 0 atom stereocenters. The molecular weight excluding hydrogens is 210 g/mol. The van der Waals surface area contributed by atoms with E-state index in [1.807, 2.05) is 0 Å². The Labute approximate surface area is 93.6 Å². The molecule has 0 aliphatic heterocycles. The molecule has 1 heterocycles. The molecule has 16 heavy (non-hydrogen) atoms. The minimum absolute atomic E-state index is 0.119. The summed E-state index contributed by atoms with van der Waals surface area (Å²) in [5.41, 5.74) is 1.18. The number of aromatic nitrogens is 1. The quantitative estimate of drug-likeness (QED) is 0.573. The number of ether oxygens (including phenoxy) is 1. The largest absolute Gasteiger partial charge is 0.469 e. The molecule has 0 fully saturated rings. The van der Waals surface area contributed by atoms with Crippen LogP contribution in [0.3, 0.4) is 0 Å². The molecule has 1 N–H and O–H groups in total. The number of aliphatic hydroxyl groups is 1. The third-order valence-electron chi connectivity index (χ3n) is 2.38. The highest BCUT2D eigenvalue weighted by molar-refractivity contribution is 5.72. The van der Waals surface area contributed by atoms with Gasteiger partial charge in [-0.15, -0.1) is 0 Å². The number of aldehydes is 1. The van der Waals surface area contributed by atoms with Gasteiger partial charge in [0.25, 0.3) is 0 Å². The standard InChI is InChI=1S/C11H15NO4/c1-16-11(15)3-2-6-12-9(7-13)4-5-10(12)8-14/h4-5,7,14H,2-3,6,8H2,1H3. The first-order valence-corrected chi connectivity index (χ1v) is 5.04. The van der Waals surface area contributed by atoms with Gasteiger partial charge in [0.2, 0.25) is 0 Å². The zero-order chi connectivity index (χ0) is 12.0. The molecule has 0 aliphatic rings. The highest BCUT2D eigenvalue weighted by atomic mass is 16.5. The van der Waals surface area contributed by atoms with Crippen LogP contribution in [-0.4, -0.2) is 29.0 Å². The summed E-state index contributed by atoms with van der Waals surface area (Å²) in [5, 5.41) is 9.05. The Bertz CT molecular complexity index is 370. The molecule has 0 radical (unpaired) electrons. The Morgan fingerprint density at radius 2 is 2.31 bits per heavy atom. The van der Waals surface area contributed by atoms with Crippen molar-refractivity contribution in [2.45, 2.75) is 26.0 Å². The molecule has 0 spiro atoms. The predicted octanol–water partition coefficient (Wildman–Crippen LogP) is 0.746. The van der Waals surface area contributed by atoms with Gasteiger partial charge in [-0.25, -0.2) is 0 Å². The summed E-state index contributed by atoms with van der Waals surface area (Å²) < 4.78 is 6.22. The molecule has 5 heteroatoms. The Morgan fingerprint density at radius 3 is 2.88 bits per heavy atom. The molecule has 1 aromatic heterocycles. The summed E-state index contributed by atoms with van der Waals surface area (Å²) in [6, 6.07) is 3.35. The SMILES string of the molecule is COC(=O)CCCn1c(C=O)ccc1CO. The summed E-state index contributed by atoms with van der Waals surface area (Å²) >= 11 is 0. The number of methoxy groups -OCH3 is 1. The lowest BCUT2D eigenvalue weighted by Crippen LogP contribution is -2.09. The Morgan fingerprint density at radius 1 is 1.56 bits per heavy atom. The summed E-state index contributed by atoms with van der Waals surface area (Å²) in [5.74, 6) is -0.273. The third kappa shape index (κ3) is 2.93. The second-order valence-electron chi connectivity index (χ2n) is 3.36. The molecule has 5 nitrogen and oxygen atoms in total. The average Bonchev–Trinajstić information content (AvgIpc) is 2.71. The molecule has 0 aliphatic carbocycles. The van der Waals surface area contributed by atoms with Crippen LogP contribution in [0.25, 0.3) is 0 Å². The minimum atomic E-state index is -0.273. The summed E-state index contributed by atoms with van der Waals surface area (Å²) in [6.45, 7) is 0.401. The topological polar surface area (TPSA) is 68.5 Å². The number of rotatable bonds is 6. The van der Waals surface area contributed by atoms with E-state index in [1.165, 1.54) is 7.11 Å². The van der Waals surface area contributed by atoms with E-state index < -0.39 is 0 Å². The van der Waals surface area contributed by atoms with Crippen LogP contribution in [0.1, 0.15) is 29.0 Å². The van der Waals surface area contributed by atoms with Crippen molar-refractivity contribution in [1.82, 2.24) is 4.57 Å². The van der Waals surface area contributed by atoms with Gasteiger partial charge in [0.05, 0.1) is 19.4 Å². The van der Waals surface area contributed by atoms with Crippen LogP contribution >= 0.6 is 0 Å².